The minimum atomic E-state index is -3.46. The van der Waals surface area contributed by atoms with E-state index in [0.717, 1.165) is 30.6 Å². The molecule has 2 aromatic carbocycles. The number of rotatable bonds is 2. The zero-order valence-corrected chi connectivity index (χ0v) is 14.5. The van der Waals surface area contributed by atoms with Crippen molar-refractivity contribution in [3.05, 3.63) is 54.1 Å². The lowest BCUT2D eigenvalue weighted by atomic mass is 9.89. The molecule has 0 bridgehead atoms. The van der Waals surface area contributed by atoms with Crippen LogP contribution in [-0.2, 0) is 9.84 Å². The van der Waals surface area contributed by atoms with E-state index in [1.807, 2.05) is 18.2 Å². The van der Waals surface area contributed by atoms with Gasteiger partial charge in [-0.3, -0.25) is 0 Å². The summed E-state index contributed by atoms with van der Waals surface area (Å²) < 4.78 is 25.8. The summed E-state index contributed by atoms with van der Waals surface area (Å²) in [5.74, 6) is 0.371. The standard InChI is InChI=1S/C19H22N2O2S/c1-13-11-16-17-12-15(24(22,23)14-5-3-2-4-6-14)7-8-18(17)21-19(16)9-10-20-13/h2-8,12-13,16,19-21H,9-11H2,1H3/t13?,16-,19+/m0/s1. The molecule has 1 saturated heterocycles. The molecule has 0 spiro atoms. The average molecular weight is 342 g/mol. The van der Waals surface area contributed by atoms with Crippen LogP contribution in [0.5, 0.6) is 0 Å². The smallest absolute Gasteiger partial charge is 0.206 e. The highest BCUT2D eigenvalue weighted by Gasteiger charge is 2.35. The fraction of sp³-hybridized carbons (Fsp3) is 0.368. The fourth-order valence-electron chi connectivity index (χ4n) is 3.91. The maximum absolute atomic E-state index is 12.9. The Morgan fingerprint density at radius 1 is 1.04 bits per heavy atom. The molecule has 0 saturated carbocycles. The maximum atomic E-state index is 12.9. The molecule has 1 fully saturated rings. The van der Waals surface area contributed by atoms with E-state index in [1.54, 1.807) is 30.3 Å². The third-order valence-electron chi connectivity index (χ3n) is 5.17. The Bertz CT molecular complexity index is 849. The van der Waals surface area contributed by atoms with Crippen LogP contribution in [-0.4, -0.2) is 27.0 Å². The summed E-state index contributed by atoms with van der Waals surface area (Å²) in [4.78, 5) is 0.739. The molecule has 0 radical (unpaired) electrons. The second kappa shape index (κ2) is 5.90. The van der Waals surface area contributed by atoms with Gasteiger partial charge in [-0.25, -0.2) is 8.42 Å². The highest BCUT2D eigenvalue weighted by molar-refractivity contribution is 7.91. The van der Waals surface area contributed by atoms with Crippen molar-refractivity contribution >= 4 is 15.5 Å². The summed E-state index contributed by atoms with van der Waals surface area (Å²) >= 11 is 0. The summed E-state index contributed by atoms with van der Waals surface area (Å²) in [5, 5.41) is 7.10. The second-order valence-corrected chi connectivity index (χ2v) is 8.75. The first-order valence-electron chi connectivity index (χ1n) is 8.50. The Morgan fingerprint density at radius 3 is 2.62 bits per heavy atom. The molecule has 4 nitrogen and oxygen atoms in total. The van der Waals surface area contributed by atoms with E-state index in [4.69, 9.17) is 0 Å². The van der Waals surface area contributed by atoms with Gasteiger partial charge in [0.2, 0.25) is 9.84 Å². The van der Waals surface area contributed by atoms with Crippen molar-refractivity contribution < 1.29 is 8.42 Å². The molecule has 1 unspecified atom stereocenters. The van der Waals surface area contributed by atoms with E-state index in [9.17, 15) is 8.42 Å². The van der Waals surface area contributed by atoms with Crippen molar-refractivity contribution in [2.24, 2.45) is 0 Å². The largest absolute Gasteiger partial charge is 0.381 e. The Kier molecular flexibility index (Phi) is 3.85. The summed E-state index contributed by atoms with van der Waals surface area (Å²) in [6.45, 7) is 3.20. The summed E-state index contributed by atoms with van der Waals surface area (Å²) in [6.07, 6.45) is 2.09. The summed E-state index contributed by atoms with van der Waals surface area (Å²) in [7, 11) is -3.46. The van der Waals surface area contributed by atoms with Gasteiger partial charge in [-0.05, 0) is 62.2 Å². The van der Waals surface area contributed by atoms with Gasteiger partial charge >= 0.3 is 0 Å². The molecule has 2 aliphatic heterocycles. The van der Waals surface area contributed by atoms with Crippen molar-refractivity contribution in [1.82, 2.24) is 5.32 Å². The van der Waals surface area contributed by atoms with Gasteiger partial charge in [-0.15, -0.1) is 0 Å². The third-order valence-corrected chi connectivity index (χ3v) is 6.94. The molecule has 2 aliphatic rings. The third kappa shape index (κ3) is 2.62. The quantitative estimate of drug-likeness (QED) is 0.880. The van der Waals surface area contributed by atoms with E-state index in [-0.39, 0.29) is 0 Å². The number of anilines is 1. The van der Waals surface area contributed by atoms with E-state index in [2.05, 4.69) is 17.6 Å². The van der Waals surface area contributed by atoms with Gasteiger partial charge in [0.25, 0.3) is 0 Å². The molecule has 126 valence electrons. The van der Waals surface area contributed by atoms with Crippen LogP contribution < -0.4 is 10.6 Å². The van der Waals surface area contributed by atoms with Crippen molar-refractivity contribution in [1.29, 1.82) is 0 Å². The van der Waals surface area contributed by atoms with Gasteiger partial charge in [0.05, 0.1) is 9.79 Å². The molecule has 0 aliphatic carbocycles. The van der Waals surface area contributed by atoms with Crippen molar-refractivity contribution in [3.63, 3.8) is 0 Å². The van der Waals surface area contributed by atoms with Gasteiger partial charge in [-0.2, -0.15) is 0 Å². The van der Waals surface area contributed by atoms with Crippen molar-refractivity contribution in [3.8, 4) is 0 Å². The first kappa shape index (κ1) is 15.7. The molecule has 4 rings (SSSR count). The minimum Gasteiger partial charge on any atom is -0.381 e. The predicted octanol–water partition coefficient (Wildman–Crippen LogP) is 3.17. The lowest BCUT2D eigenvalue weighted by Crippen LogP contribution is -2.25. The van der Waals surface area contributed by atoms with Crippen molar-refractivity contribution in [2.45, 2.75) is 47.6 Å². The van der Waals surface area contributed by atoms with Gasteiger partial charge in [0.15, 0.2) is 0 Å². The van der Waals surface area contributed by atoms with Gasteiger partial charge in [-0.1, -0.05) is 18.2 Å². The summed E-state index contributed by atoms with van der Waals surface area (Å²) in [5.41, 5.74) is 2.23. The highest BCUT2D eigenvalue weighted by atomic mass is 32.2. The number of hydrogen-bond donors (Lipinski definition) is 2. The van der Waals surface area contributed by atoms with E-state index in [0.29, 0.717) is 27.8 Å². The molecule has 0 amide bonds. The van der Waals surface area contributed by atoms with Crippen LogP contribution in [0, 0.1) is 0 Å². The minimum absolute atomic E-state index is 0.350. The van der Waals surface area contributed by atoms with Crippen LogP contribution in [0.3, 0.4) is 0 Å². The highest BCUT2D eigenvalue weighted by Crippen LogP contribution is 2.42. The molecule has 2 heterocycles. The van der Waals surface area contributed by atoms with Crippen LogP contribution in [0.4, 0.5) is 5.69 Å². The van der Waals surface area contributed by atoms with Gasteiger partial charge in [0, 0.05) is 23.7 Å². The topological polar surface area (TPSA) is 58.2 Å². The number of sulfone groups is 1. The Balaban J connectivity index is 1.75. The Labute approximate surface area is 143 Å². The maximum Gasteiger partial charge on any atom is 0.206 e. The van der Waals surface area contributed by atoms with Crippen LogP contribution in [0.2, 0.25) is 0 Å². The number of benzene rings is 2. The van der Waals surface area contributed by atoms with Gasteiger partial charge < -0.3 is 10.6 Å². The second-order valence-electron chi connectivity index (χ2n) is 6.80. The summed E-state index contributed by atoms with van der Waals surface area (Å²) in [6, 6.07) is 15.0. The molecule has 0 aromatic heterocycles. The van der Waals surface area contributed by atoms with Crippen LogP contribution in [0.25, 0.3) is 0 Å². The van der Waals surface area contributed by atoms with E-state index >= 15 is 0 Å². The zero-order chi connectivity index (χ0) is 16.7. The Morgan fingerprint density at radius 2 is 1.83 bits per heavy atom. The fourth-order valence-corrected chi connectivity index (χ4v) is 5.23. The van der Waals surface area contributed by atoms with Crippen molar-refractivity contribution in [2.75, 3.05) is 11.9 Å². The molecule has 24 heavy (non-hydrogen) atoms. The normalized spacial score (nSPS) is 26.1. The molecule has 5 heteroatoms. The monoisotopic (exact) mass is 342 g/mol. The number of nitrogens with one attached hydrogen (secondary N) is 2. The zero-order valence-electron chi connectivity index (χ0n) is 13.7. The van der Waals surface area contributed by atoms with E-state index < -0.39 is 9.84 Å². The lowest BCUT2D eigenvalue weighted by Gasteiger charge is -2.18. The first-order valence-corrected chi connectivity index (χ1v) is 9.98. The molecule has 3 atom stereocenters. The number of hydrogen-bond acceptors (Lipinski definition) is 4. The SMILES string of the molecule is CC1C[C@H]2c3cc(S(=O)(=O)c4ccccc4)ccc3N[C@@H]2CCN1. The van der Waals surface area contributed by atoms with Crippen LogP contribution in [0.15, 0.2) is 58.3 Å². The lowest BCUT2D eigenvalue weighted by molar-refractivity contribution is 0.511. The predicted molar refractivity (Wildman–Crippen MR) is 95.2 cm³/mol. The molecular formula is C19H22N2O2S. The molecule has 2 aromatic rings. The Hall–Kier alpha value is -1.85. The average Bonchev–Trinajstić information content (AvgIpc) is 2.81. The van der Waals surface area contributed by atoms with Crippen LogP contribution in [0.1, 0.15) is 31.2 Å². The molecular weight excluding hydrogens is 320 g/mol. The van der Waals surface area contributed by atoms with Gasteiger partial charge in [0.1, 0.15) is 0 Å². The van der Waals surface area contributed by atoms with E-state index in [1.165, 1.54) is 0 Å². The number of fused-ring (bicyclic) bond motifs is 3. The molecule has 2 N–H and O–H groups in total. The van der Waals surface area contributed by atoms with Crippen LogP contribution >= 0.6 is 0 Å². The first-order chi connectivity index (χ1) is 11.6.